The van der Waals surface area contributed by atoms with Gasteiger partial charge in [-0.2, -0.15) is 20.4 Å². The van der Waals surface area contributed by atoms with Crippen LogP contribution in [0.1, 0.15) is 252 Å². The molecule has 10 aliphatic carbocycles. The largest absolute Gasteiger partial charge is 0.515 e. The van der Waals surface area contributed by atoms with Crippen LogP contribution < -0.4 is 9.36 Å². The summed E-state index contributed by atoms with van der Waals surface area (Å²) in [6, 6.07) is 41.9. The Bertz CT molecular complexity index is 5070. The number of nitrogens with one attached hydrogen (secondary N) is 2. The average molecular weight is 1600 g/mol. The van der Waals surface area contributed by atoms with E-state index in [0.29, 0.717) is 73.3 Å². The molecule has 3 saturated heterocycles. The second-order valence-electron chi connectivity index (χ2n) is 41.0. The maximum Gasteiger partial charge on any atom is 0.235 e. The highest BCUT2D eigenvalue weighted by atomic mass is 16.7. The molecule has 3 aliphatic heterocycles. The Labute approximate surface area is 699 Å². The summed E-state index contributed by atoms with van der Waals surface area (Å²) in [6.07, 6.45) is 29.0. The van der Waals surface area contributed by atoms with Gasteiger partial charge in [-0.25, -0.2) is 9.36 Å². The fourth-order valence-corrected chi connectivity index (χ4v) is 27.1. The fourth-order valence-electron chi connectivity index (χ4n) is 27.1. The molecular formula is C100H130N8O10+2. The summed E-state index contributed by atoms with van der Waals surface area (Å²) in [5.74, 6) is 1.69. The van der Waals surface area contributed by atoms with Crippen molar-refractivity contribution in [2.75, 3.05) is 39.6 Å². The van der Waals surface area contributed by atoms with Gasteiger partial charge in [-0.3, -0.25) is 14.4 Å². The van der Waals surface area contributed by atoms with Crippen molar-refractivity contribution >= 4 is 17.3 Å². The van der Waals surface area contributed by atoms with Crippen LogP contribution in [0.25, 0.3) is 22.7 Å². The lowest BCUT2D eigenvalue weighted by Crippen LogP contribution is -2.63. The second-order valence-corrected chi connectivity index (χ2v) is 41.0. The van der Waals surface area contributed by atoms with Gasteiger partial charge in [0, 0.05) is 129 Å². The Morgan fingerprint density at radius 2 is 0.686 bits per heavy atom. The van der Waals surface area contributed by atoms with Gasteiger partial charge in [-0.15, -0.1) is 0 Å². The van der Waals surface area contributed by atoms with E-state index in [1.165, 1.54) is 69.2 Å². The number of aliphatic hydroxyl groups is 1. The Kier molecular flexibility index (Phi) is 20.9. The van der Waals surface area contributed by atoms with Crippen molar-refractivity contribution in [3.05, 3.63) is 203 Å². The van der Waals surface area contributed by atoms with Crippen molar-refractivity contribution in [2.24, 2.45) is 62.1 Å². The van der Waals surface area contributed by atoms with Crippen molar-refractivity contribution in [3.8, 4) is 22.7 Å². The first-order valence-corrected chi connectivity index (χ1v) is 44.6. The number of Topliss-reactive ketones (excluding diaryl/α,β-unsaturated/α-hetero) is 3. The van der Waals surface area contributed by atoms with E-state index in [1.54, 1.807) is 0 Å². The lowest BCUT2D eigenvalue weighted by Gasteiger charge is -2.59. The van der Waals surface area contributed by atoms with Crippen LogP contribution in [0.5, 0.6) is 0 Å². The number of carbonyl (C=O) groups is 3. The van der Waals surface area contributed by atoms with E-state index in [4.69, 9.17) is 38.6 Å². The van der Waals surface area contributed by atoms with Crippen molar-refractivity contribution in [2.45, 2.75) is 271 Å². The molecular weight excluding hydrogens is 1470 g/mol. The predicted molar refractivity (Wildman–Crippen MR) is 454 cm³/mol. The number of allylic oxidation sites excluding steroid dienone is 1. The number of fused-ring (bicyclic) bond motifs is 13. The molecule has 3 spiro atoms. The molecule has 3 N–H and O–H groups in total. The summed E-state index contributed by atoms with van der Waals surface area (Å²) in [5.41, 5.74) is 15.4. The minimum absolute atomic E-state index is 0.0139. The summed E-state index contributed by atoms with van der Waals surface area (Å²) >= 11 is 0. The Balaban J connectivity index is 0.000000106. The maximum absolute atomic E-state index is 12.7. The van der Waals surface area contributed by atoms with Gasteiger partial charge in [0.15, 0.2) is 23.1 Å². The fraction of sp³-hybridized carbons (Fsp3) is 0.590. The number of aromatic nitrogens is 8. The number of H-pyrrole nitrogens is 2. The van der Waals surface area contributed by atoms with Crippen LogP contribution in [0.2, 0.25) is 0 Å². The van der Waals surface area contributed by atoms with Crippen LogP contribution in [0.4, 0.5) is 0 Å². The highest BCUT2D eigenvalue weighted by Crippen LogP contribution is 2.67. The zero-order chi connectivity index (χ0) is 83.1. The van der Waals surface area contributed by atoms with Gasteiger partial charge in [0.25, 0.3) is 0 Å². The van der Waals surface area contributed by atoms with Crippen LogP contribution in [0.15, 0.2) is 158 Å². The molecule has 10 atom stereocenters. The van der Waals surface area contributed by atoms with Gasteiger partial charge in [0.2, 0.25) is 22.8 Å². The molecule has 18 heteroatoms. The summed E-state index contributed by atoms with van der Waals surface area (Å²) in [7, 11) is 0. The third-order valence-electron chi connectivity index (χ3n) is 33.6. The number of aromatic amines is 2. The number of aliphatic hydroxyl groups excluding tert-OH is 1. The molecule has 628 valence electrons. The first-order valence-electron chi connectivity index (χ1n) is 44.6. The Morgan fingerprint density at radius 3 is 1.09 bits per heavy atom. The normalized spacial score (nSPS) is 32.2. The molecule has 21 rings (SSSR count). The van der Waals surface area contributed by atoms with E-state index in [9.17, 15) is 19.5 Å². The monoisotopic (exact) mass is 1600 g/mol. The zero-order valence-electron chi connectivity index (χ0n) is 73.0. The number of hydrogen-bond donors (Lipinski definition) is 3. The SMILES string of the molecule is CC1(C)C(=O)CC[C@]2(C)c3c(c[nH][n+]3-c3ccccc3)CC[C@@H]12.CC1(C)C(=O)CC[C@]2(C)c3nn(-c4ccccc4)cc3CC[C@@H]12.CC1(C)[C@@H]2CC/C(=C\O)C(=O)[C@@]2(C)CCC12OCCO2.CC1(C)[C@@H]2CCc3c[nH][n+](-c4ccccc4)c3[C@@]2(C)CCC12OCCO2.CC1(C)[C@@H]2CCc3cn(-c4ccccc4)nc3[C@@]2(C)CCC12OCCO2. The van der Waals surface area contributed by atoms with E-state index in [-0.39, 0.29) is 60.4 Å². The topological polar surface area (TPSA) is 202 Å². The van der Waals surface area contributed by atoms with E-state index < -0.39 is 22.8 Å². The molecule has 9 fully saturated rings. The standard InChI is InChI=1S/2C22H28N2O2.2C20H24N2O.C16H24O4/c1-20(2)18-10-9-16-15-24(17-7-5-4-6-8-17)23-19(16)21(18,3)11-12-22(20)25-13-14-26-22;1-20(2)18-10-9-16-15-23-24(17-7-5-4-6-8-17)19(16)21(18,3)11-12-22(20)25-13-14-26-22;1-19(2)16-10-9-14-13-22(15-7-5-4-6-8-15)21-18(14)20(16,3)12-11-17(19)23;1-19(2)16-10-9-14-13-21-22(15-7-5-4-6-8-15)18(14)20(16,3)12-11-17(19)23;1-14(2)12-5-4-11(10-17)13(18)15(12,3)6-7-16(14)19-8-9-20-16/h2*4-8,15,18H,9-14H2,1-3H3;2*4-8,13,16H,9-12H2,1-3H3;10,12,17H,4-9H2,1-3H3/p+2/b;;;;11-10+/t2*18-,21-;2*16-,20-;12-,15-/m00000/s1. The lowest BCUT2D eigenvalue weighted by molar-refractivity contribution is -0.668. The molecule has 0 amide bonds. The number of aryl methyl sites for hydroxylation is 4. The van der Waals surface area contributed by atoms with Crippen molar-refractivity contribution in [3.63, 3.8) is 0 Å². The summed E-state index contributed by atoms with van der Waals surface area (Å²) in [4.78, 5) is 37.6. The molecule has 8 aromatic rings. The lowest BCUT2D eigenvalue weighted by atomic mass is 9.48. The van der Waals surface area contributed by atoms with Crippen LogP contribution in [-0.4, -0.2) is 109 Å². The Hall–Kier alpha value is -7.97. The van der Waals surface area contributed by atoms with Crippen LogP contribution in [-0.2, 0) is 90.1 Å². The molecule has 7 heterocycles. The summed E-state index contributed by atoms with van der Waals surface area (Å²) < 4.78 is 45.5. The van der Waals surface area contributed by atoms with Crippen molar-refractivity contribution in [1.82, 2.24) is 29.8 Å². The van der Waals surface area contributed by atoms with Gasteiger partial charge in [-0.1, -0.05) is 172 Å². The van der Waals surface area contributed by atoms with Crippen molar-refractivity contribution in [1.29, 1.82) is 0 Å². The van der Waals surface area contributed by atoms with Gasteiger partial charge < -0.3 is 33.5 Å². The maximum atomic E-state index is 12.7. The number of rotatable bonds is 4. The molecule has 0 radical (unpaired) electrons. The summed E-state index contributed by atoms with van der Waals surface area (Å²) in [6.45, 7) is 38.2. The van der Waals surface area contributed by atoms with E-state index in [1.807, 2.05) is 35.9 Å². The molecule has 0 unspecified atom stereocenters. The third-order valence-corrected chi connectivity index (χ3v) is 33.6. The zero-order valence-corrected chi connectivity index (χ0v) is 73.0. The number of hydrogen-bond acceptors (Lipinski definition) is 12. The van der Waals surface area contributed by atoms with Gasteiger partial charge in [0.05, 0.1) is 91.9 Å². The first-order chi connectivity index (χ1) is 56.2. The molecule has 6 saturated carbocycles. The van der Waals surface area contributed by atoms with Crippen molar-refractivity contribution < 1.29 is 57.3 Å². The van der Waals surface area contributed by atoms with E-state index in [0.717, 1.165) is 140 Å². The highest BCUT2D eigenvalue weighted by Gasteiger charge is 2.69. The minimum atomic E-state index is -0.530. The number of para-hydroxylation sites is 4. The van der Waals surface area contributed by atoms with Crippen LogP contribution >= 0.6 is 0 Å². The molecule has 0 bridgehead atoms. The molecule has 118 heavy (non-hydrogen) atoms. The number of ketones is 3. The van der Waals surface area contributed by atoms with Crippen LogP contribution in [0, 0.1) is 62.1 Å². The van der Waals surface area contributed by atoms with E-state index in [2.05, 4.69) is 243 Å². The first kappa shape index (κ1) is 82.3. The minimum Gasteiger partial charge on any atom is -0.515 e. The van der Waals surface area contributed by atoms with Gasteiger partial charge >= 0.3 is 0 Å². The number of nitrogens with zero attached hydrogens (tertiary/aromatic N) is 6. The summed E-state index contributed by atoms with van der Waals surface area (Å²) in [5, 5.41) is 26.3. The molecule has 4 aromatic carbocycles. The molecule has 18 nitrogen and oxygen atoms in total. The number of benzene rings is 4. The van der Waals surface area contributed by atoms with Gasteiger partial charge in [0.1, 0.15) is 11.6 Å². The van der Waals surface area contributed by atoms with E-state index >= 15 is 0 Å². The quantitative estimate of drug-likeness (QED) is 0.0856. The number of ether oxygens (including phenoxy) is 6. The molecule has 4 aromatic heterocycles. The highest BCUT2D eigenvalue weighted by molar-refractivity contribution is 6.00. The smallest absolute Gasteiger partial charge is 0.235 e. The second kappa shape index (κ2) is 30.0. The predicted octanol–water partition coefficient (Wildman–Crippen LogP) is 18.5. The van der Waals surface area contributed by atoms with Gasteiger partial charge in [-0.05, 0) is 175 Å². The third kappa shape index (κ3) is 12.9. The Morgan fingerprint density at radius 1 is 0.373 bits per heavy atom. The number of carbonyl (C=O) groups excluding carboxylic acids is 3. The molecule has 13 aliphatic rings. The van der Waals surface area contributed by atoms with Crippen LogP contribution in [0.3, 0.4) is 0 Å². The average Bonchev–Trinajstić information content (AvgIpc) is 1.39.